The summed E-state index contributed by atoms with van der Waals surface area (Å²) in [7, 11) is 0. The Kier molecular flexibility index (Phi) is 5.21. The minimum atomic E-state index is -0.350. The first kappa shape index (κ1) is 15.9. The Labute approximate surface area is 144 Å². The molecule has 23 heavy (non-hydrogen) atoms. The van der Waals surface area contributed by atoms with Crippen molar-refractivity contribution in [2.75, 3.05) is 6.61 Å². The molecule has 0 unspecified atom stereocenters. The van der Waals surface area contributed by atoms with E-state index in [4.69, 9.17) is 4.74 Å². The average Bonchev–Trinajstić information content (AvgIpc) is 2.61. The fourth-order valence-corrected chi connectivity index (χ4v) is 2.97. The van der Waals surface area contributed by atoms with Gasteiger partial charge in [0.15, 0.2) is 5.78 Å². The maximum atomic E-state index is 12.7. The summed E-state index contributed by atoms with van der Waals surface area (Å²) in [4.78, 5) is 12.3. The van der Waals surface area contributed by atoms with Crippen LogP contribution >= 0.6 is 15.9 Å². The largest absolute Gasteiger partial charge is 0.375 e. The van der Waals surface area contributed by atoms with E-state index in [-0.39, 0.29) is 10.6 Å². The van der Waals surface area contributed by atoms with Crippen LogP contribution in [0.3, 0.4) is 0 Å². The number of benzene rings is 3. The standard InChI is InChI=1S/C20H17BrO2/c21-19(14-23-13-15-7-2-1-3-8-15)20(22)18-12-6-10-16-9-4-5-11-17(16)18/h1-12,19H,13-14H2/t19-/m0/s1. The van der Waals surface area contributed by atoms with Gasteiger partial charge in [0.25, 0.3) is 0 Å². The van der Waals surface area contributed by atoms with E-state index in [0.29, 0.717) is 13.2 Å². The Hall–Kier alpha value is -1.97. The molecular weight excluding hydrogens is 352 g/mol. The summed E-state index contributed by atoms with van der Waals surface area (Å²) in [5, 5.41) is 2.05. The number of rotatable bonds is 6. The topological polar surface area (TPSA) is 26.3 Å². The molecule has 0 N–H and O–H groups in total. The van der Waals surface area contributed by atoms with Crippen LogP contribution in [0, 0.1) is 0 Å². The lowest BCUT2D eigenvalue weighted by atomic mass is 10.00. The molecule has 1 atom stereocenters. The predicted molar refractivity (Wildman–Crippen MR) is 97.1 cm³/mol. The molecule has 3 aromatic rings. The maximum absolute atomic E-state index is 12.7. The number of ether oxygens (including phenoxy) is 1. The van der Waals surface area contributed by atoms with E-state index in [2.05, 4.69) is 15.9 Å². The molecule has 0 spiro atoms. The van der Waals surface area contributed by atoms with Crippen molar-refractivity contribution in [1.82, 2.24) is 0 Å². The van der Waals surface area contributed by atoms with Gasteiger partial charge in [0.1, 0.15) is 4.83 Å². The molecule has 0 aliphatic rings. The first-order chi connectivity index (χ1) is 11.3. The Balaban J connectivity index is 1.67. The van der Waals surface area contributed by atoms with Gasteiger partial charge in [0.2, 0.25) is 0 Å². The van der Waals surface area contributed by atoms with Gasteiger partial charge in [0, 0.05) is 5.56 Å². The fourth-order valence-electron chi connectivity index (χ4n) is 2.54. The van der Waals surface area contributed by atoms with E-state index in [9.17, 15) is 4.79 Å². The molecule has 0 bridgehead atoms. The second kappa shape index (κ2) is 7.53. The number of carbonyl (C=O) groups excluding carboxylic acids is 1. The summed E-state index contributed by atoms with van der Waals surface area (Å²) in [6.07, 6.45) is 0. The van der Waals surface area contributed by atoms with E-state index in [1.165, 1.54) is 0 Å². The molecule has 0 fully saturated rings. The zero-order chi connectivity index (χ0) is 16.1. The first-order valence-corrected chi connectivity index (χ1v) is 8.45. The molecule has 0 aliphatic carbocycles. The molecule has 2 nitrogen and oxygen atoms in total. The van der Waals surface area contributed by atoms with Crippen molar-refractivity contribution in [2.24, 2.45) is 0 Å². The molecule has 116 valence electrons. The molecule has 3 heteroatoms. The Morgan fingerprint density at radius 2 is 1.61 bits per heavy atom. The average molecular weight is 369 g/mol. The molecule has 3 aromatic carbocycles. The van der Waals surface area contributed by atoms with E-state index in [0.717, 1.165) is 21.9 Å². The van der Waals surface area contributed by atoms with Crippen molar-refractivity contribution in [2.45, 2.75) is 11.4 Å². The summed E-state index contributed by atoms with van der Waals surface area (Å²) in [6, 6.07) is 23.7. The molecule has 0 saturated carbocycles. The highest BCUT2D eigenvalue weighted by Crippen LogP contribution is 2.22. The molecular formula is C20H17BrO2. The van der Waals surface area contributed by atoms with Crippen LogP contribution in [0.1, 0.15) is 15.9 Å². The van der Waals surface area contributed by atoms with E-state index in [1.807, 2.05) is 72.8 Å². The summed E-state index contributed by atoms with van der Waals surface area (Å²) in [5.74, 6) is 0.0508. The van der Waals surface area contributed by atoms with Crippen LogP contribution in [-0.4, -0.2) is 17.2 Å². The third-order valence-corrected chi connectivity index (χ3v) is 4.40. The van der Waals surface area contributed by atoms with Gasteiger partial charge in [-0.25, -0.2) is 0 Å². The van der Waals surface area contributed by atoms with Crippen molar-refractivity contribution in [3.8, 4) is 0 Å². The number of fused-ring (bicyclic) bond motifs is 1. The zero-order valence-electron chi connectivity index (χ0n) is 12.6. The minimum absolute atomic E-state index is 0.0508. The van der Waals surface area contributed by atoms with Crippen LogP contribution in [0.5, 0.6) is 0 Å². The highest BCUT2D eigenvalue weighted by Gasteiger charge is 2.19. The Morgan fingerprint density at radius 3 is 2.43 bits per heavy atom. The molecule has 0 saturated heterocycles. The van der Waals surface area contributed by atoms with Crippen molar-refractivity contribution in [3.05, 3.63) is 83.9 Å². The molecule has 0 radical (unpaired) electrons. The highest BCUT2D eigenvalue weighted by molar-refractivity contribution is 9.10. The van der Waals surface area contributed by atoms with Gasteiger partial charge < -0.3 is 4.74 Å². The SMILES string of the molecule is O=C(c1cccc2ccccc12)[C@@H](Br)COCc1ccccc1. The number of Topliss-reactive ketones (excluding diaryl/α,β-unsaturated/α-hetero) is 1. The van der Waals surface area contributed by atoms with Crippen molar-refractivity contribution in [1.29, 1.82) is 0 Å². The monoisotopic (exact) mass is 368 g/mol. The van der Waals surface area contributed by atoms with Crippen LogP contribution in [0.2, 0.25) is 0 Å². The number of hydrogen-bond acceptors (Lipinski definition) is 2. The quantitative estimate of drug-likeness (QED) is 0.451. The lowest BCUT2D eigenvalue weighted by molar-refractivity contribution is 0.0874. The number of carbonyl (C=O) groups is 1. The second-order valence-corrected chi connectivity index (χ2v) is 6.46. The number of halogens is 1. The van der Waals surface area contributed by atoms with E-state index >= 15 is 0 Å². The van der Waals surface area contributed by atoms with Crippen molar-refractivity contribution in [3.63, 3.8) is 0 Å². The van der Waals surface area contributed by atoms with Gasteiger partial charge in [0.05, 0.1) is 13.2 Å². The van der Waals surface area contributed by atoms with Crippen LogP contribution in [0.4, 0.5) is 0 Å². The van der Waals surface area contributed by atoms with E-state index in [1.54, 1.807) is 0 Å². The number of ketones is 1. The maximum Gasteiger partial charge on any atom is 0.179 e. The van der Waals surface area contributed by atoms with Crippen LogP contribution in [-0.2, 0) is 11.3 Å². The van der Waals surface area contributed by atoms with Crippen LogP contribution < -0.4 is 0 Å². The molecule has 0 amide bonds. The smallest absolute Gasteiger partial charge is 0.179 e. The zero-order valence-corrected chi connectivity index (χ0v) is 14.2. The minimum Gasteiger partial charge on any atom is -0.375 e. The van der Waals surface area contributed by atoms with Gasteiger partial charge in [-0.15, -0.1) is 0 Å². The Morgan fingerprint density at radius 1 is 0.913 bits per heavy atom. The predicted octanol–water partition coefficient (Wildman–Crippen LogP) is 5.00. The molecule has 0 aromatic heterocycles. The number of hydrogen-bond donors (Lipinski definition) is 0. The Bertz CT molecular complexity index is 794. The lowest BCUT2D eigenvalue weighted by Crippen LogP contribution is -2.20. The summed E-state index contributed by atoms with van der Waals surface area (Å²) in [5.41, 5.74) is 1.83. The van der Waals surface area contributed by atoms with Gasteiger partial charge >= 0.3 is 0 Å². The lowest BCUT2D eigenvalue weighted by Gasteiger charge is -2.12. The summed E-state index contributed by atoms with van der Waals surface area (Å²) < 4.78 is 5.67. The van der Waals surface area contributed by atoms with Gasteiger partial charge in [-0.05, 0) is 16.3 Å². The highest BCUT2D eigenvalue weighted by atomic mass is 79.9. The molecule has 3 rings (SSSR count). The van der Waals surface area contributed by atoms with E-state index < -0.39 is 0 Å². The third kappa shape index (κ3) is 3.87. The number of alkyl halides is 1. The first-order valence-electron chi connectivity index (χ1n) is 7.53. The fraction of sp³-hybridized carbons (Fsp3) is 0.150. The normalized spacial score (nSPS) is 12.2. The summed E-state index contributed by atoms with van der Waals surface area (Å²) >= 11 is 3.46. The van der Waals surface area contributed by atoms with Gasteiger partial charge in [-0.1, -0.05) is 88.7 Å². The van der Waals surface area contributed by atoms with Crippen molar-refractivity contribution < 1.29 is 9.53 Å². The van der Waals surface area contributed by atoms with Gasteiger partial charge in [-0.3, -0.25) is 4.79 Å². The molecule has 0 heterocycles. The van der Waals surface area contributed by atoms with Crippen LogP contribution in [0.15, 0.2) is 72.8 Å². The summed E-state index contributed by atoms with van der Waals surface area (Å²) in [6.45, 7) is 0.850. The third-order valence-electron chi connectivity index (χ3n) is 3.72. The van der Waals surface area contributed by atoms with Gasteiger partial charge in [-0.2, -0.15) is 0 Å². The van der Waals surface area contributed by atoms with Crippen molar-refractivity contribution >= 4 is 32.5 Å². The van der Waals surface area contributed by atoms with Crippen LogP contribution in [0.25, 0.3) is 10.8 Å². The molecule has 0 aliphatic heterocycles. The second-order valence-electron chi connectivity index (χ2n) is 5.36.